The molecule has 1 heterocycles. The number of thiol groups is 1. The second kappa shape index (κ2) is 2.00. The van der Waals surface area contributed by atoms with Crippen molar-refractivity contribution in [2.45, 2.75) is 0 Å². The second-order valence-electron chi connectivity index (χ2n) is 1.25. The van der Waals surface area contributed by atoms with Crippen molar-refractivity contribution in [3.63, 3.8) is 0 Å². The van der Waals surface area contributed by atoms with Gasteiger partial charge in [-0.15, -0.1) is 0 Å². The van der Waals surface area contributed by atoms with Crippen LogP contribution in [0.1, 0.15) is 0 Å². The van der Waals surface area contributed by atoms with Crippen molar-refractivity contribution < 1.29 is 4.79 Å². The molecule has 0 saturated heterocycles. The van der Waals surface area contributed by atoms with Crippen LogP contribution in [0.5, 0.6) is 0 Å². The smallest absolute Gasteiger partial charge is 0.267 e. The van der Waals surface area contributed by atoms with Gasteiger partial charge in [0.15, 0.2) is 0 Å². The first-order valence-electron chi connectivity index (χ1n) is 2.02. The molecule has 0 saturated carbocycles. The van der Waals surface area contributed by atoms with Crippen molar-refractivity contribution in [1.82, 2.24) is 9.55 Å². The molecule has 4 heteroatoms. The van der Waals surface area contributed by atoms with Gasteiger partial charge < -0.3 is 0 Å². The van der Waals surface area contributed by atoms with Crippen LogP contribution < -0.4 is 0 Å². The van der Waals surface area contributed by atoms with Gasteiger partial charge in [-0.05, 0) is 0 Å². The normalized spacial score (nSPS) is 9.12. The molecule has 8 heavy (non-hydrogen) atoms. The highest BCUT2D eigenvalue weighted by Gasteiger charge is 1.91. The lowest BCUT2D eigenvalue weighted by Crippen LogP contribution is -1.96. The third kappa shape index (κ3) is 0.894. The monoisotopic (exact) mass is 128 g/mol. The molecule has 1 aromatic rings. The molecule has 0 unspecified atom stereocenters. The molecule has 0 aromatic carbocycles. The zero-order valence-corrected chi connectivity index (χ0v) is 4.88. The summed E-state index contributed by atoms with van der Waals surface area (Å²) in [4.78, 5) is 13.9. The lowest BCUT2D eigenvalue weighted by Gasteiger charge is -1.86. The first-order valence-corrected chi connectivity index (χ1v) is 2.46. The number of rotatable bonds is 0. The highest BCUT2D eigenvalue weighted by Crippen LogP contribution is 1.88. The van der Waals surface area contributed by atoms with E-state index in [9.17, 15) is 4.79 Å². The molecule has 42 valence electrons. The minimum Gasteiger partial charge on any atom is -0.267 e. The number of carbonyl (C=O) groups is 1. The van der Waals surface area contributed by atoms with Crippen LogP contribution in [-0.2, 0) is 0 Å². The van der Waals surface area contributed by atoms with Crippen LogP contribution >= 0.6 is 12.6 Å². The Labute approximate surface area is 51.8 Å². The molecule has 0 atom stereocenters. The summed E-state index contributed by atoms with van der Waals surface area (Å²) in [5.74, 6) is 0. The maximum Gasteiger partial charge on any atom is 0.287 e. The van der Waals surface area contributed by atoms with E-state index in [4.69, 9.17) is 0 Å². The van der Waals surface area contributed by atoms with Gasteiger partial charge in [0.25, 0.3) is 5.24 Å². The first kappa shape index (κ1) is 5.37. The molecule has 0 aliphatic heterocycles. The average molecular weight is 128 g/mol. The summed E-state index contributed by atoms with van der Waals surface area (Å²) in [6.45, 7) is 0. The SMILES string of the molecule is O=C(S)n1ccnc1. The third-order valence-electron chi connectivity index (χ3n) is 0.725. The molecule has 0 aliphatic rings. The summed E-state index contributed by atoms with van der Waals surface area (Å²) in [6, 6.07) is 0. The summed E-state index contributed by atoms with van der Waals surface area (Å²) in [5, 5.41) is -0.317. The summed E-state index contributed by atoms with van der Waals surface area (Å²) in [6.07, 6.45) is 4.46. The third-order valence-corrected chi connectivity index (χ3v) is 0.956. The average Bonchev–Trinajstić information content (AvgIpc) is 2.12. The van der Waals surface area contributed by atoms with Crippen LogP contribution in [-0.4, -0.2) is 14.8 Å². The van der Waals surface area contributed by atoms with Crippen LogP contribution in [0, 0.1) is 0 Å². The van der Waals surface area contributed by atoms with Gasteiger partial charge in [-0.25, -0.2) is 4.98 Å². The van der Waals surface area contributed by atoms with Crippen LogP contribution in [0.15, 0.2) is 18.7 Å². The Kier molecular flexibility index (Phi) is 1.34. The molecule has 0 aliphatic carbocycles. The van der Waals surface area contributed by atoms with Gasteiger partial charge in [0.1, 0.15) is 6.33 Å². The summed E-state index contributed by atoms with van der Waals surface area (Å²) in [5.41, 5.74) is 0. The minimum absolute atomic E-state index is 0.317. The molecule has 3 nitrogen and oxygen atoms in total. The zero-order chi connectivity index (χ0) is 5.98. The van der Waals surface area contributed by atoms with Gasteiger partial charge in [0.05, 0.1) is 0 Å². The lowest BCUT2D eigenvalue weighted by molar-refractivity contribution is 0.262. The molecular weight excluding hydrogens is 124 g/mol. The standard InChI is InChI=1S/C4H4N2OS/c7-4(8)6-2-1-5-3-6/h1-3H,(H,7,8). The second-order valence-corrected chi connectivity index (χ2v) is 1.64. The Morgan fingerprint density at radius 1 is 1.75 bits per heavy atom. The van der Waals surface area contributed by atoms with Crippen molar-refractivity contribution in [2.75, 3.05) is 0 Å². The number of nitrogens with zero attached hydrogens (tertiary/aromatic N) is 2. The lowest BCUT2D eigenvalue weighted by atomic mass is 10.9. The van der Waals surface area contributed by atoms with Crippen molar-refractivity contribution in [3.8, 4) is 0 Å². The Balaban J connectivity index is 2.93. The molecule has 0 fully saturated rings. The fraction of sp³-hybridized carbons (Fsp3) is 0. The maximum atomic E-state index is 10.3. The van der Waals surface area contributed by atoms with Gasteiger partial charge in [-0.1, -0.05) is 12.6 Å². The summed E-state index contributed by atoms with van der Waals surface area (Å²) >= 11 is 3.54. The molecule has 1 aromatic heterocycles. The fourth-order valence-corrected chi connectivity index (χ4v) is 0.491. The molecule has 1 rings (SSSR count). The van der Waals surface area contributed by atoms with E-state index >= 15 is 0 Å². The van der Waals surface area contributed by atoms with E-state index in [1.807, 2.05) is 0 Å². The predicted molar refractivity (Wildman–Crippen MR) is 32.0 cm³/mol. The van der Waals surface area contributed by atoms with Crippen molar-refractivity contribution in [3.05, 3.63) is 18.7 Å². The van der Waals surface area contributed by atoms with Gasteiger partial charge >= 0.3 is 0 Å². The van der Waals surface area contributed by atoms with Gasteiger partial charge in [0, 0.05) is 12.4 Å². The Hall–Kier alpha value is -0.770. The van der Waals surface area contributed by atoms with Crippen molar-refractivity contribution in [1.29, 1.82) is 0 Å². The molecule has 0 bridgehead atoms. The van der Waals surface area contributed by atoms with Crippen molar-refractivity contribution in [2.24, 2.45) is 0 Å². The van der Waals surface area contributed by atoms with Gasteiger partial charge in [-0.2, -0.15) is 0 Å². The Morgan fingerprint density at radius 3 is 2.75 bits per heavy atom. The molecule has 0 radical (unpaired) electrons. The number of imidazole rings is 1. The van der Waals surface area contributed by atoms with E-state index in [2.05, 4.69) is 17.6 Å². The largest absolute Gasteiger partial charge is 0.287 e. The Morgan fingerprint density at radius 2 is 2.50 bits per heavy atom. The van der Waals surface area contributed by atoms with E-state index in [0.717, 1.165) is 0 Å². The van der Waals surface area contributed by atoms with E-state index < -0.39 is 0 Å². The summed E-state index contributed by atoms with van der Waals surface area (Å²) in [7, 11) is 0. The minimum atomic E-state index is -0.317. The molecule has 0 amide bonds. The number of hydrogen-bond donors (Lipinski definition) is 1. The van der Waals surface area contributed by atoms with E-state index in [-0.39, 0.29) is 5.24 Å². The van der Waals surface area contributed by atoms with Gasteiger partial charge in [-0.3, -0.25) is 9.36 Å². The zero-order valence-electron chi connectivity index (χ0n) is 3.98. The quantitative estimate of drug-likeness (QED) is 0.524. The predicted octanol–water partition coefficient (Wildman–Crippen LogP) is 0.781. The van der Waals surface area contributed by atoms with Crippen LogP contribution in [0.4, 0.5) is 4.79 Å². The Bertz CT molecular complexity index is 182. The fourth-order valence-electron chi connectivity index (χ4n) is 0.372. The van der Waals surface area contributed by atoms with Gasteiger partial charge in [0.2, 0.25) is 0 Å². The van der Waals surface area contributed by atoms with E-state index in [1.54, 1.807) is 0 Å². The molecule has 0 N–H and O–H groups in total. The maximum absolute atomic E-state index is 10.3. The van der Waals surface area contributed by atoms with Crippen LogP contribution in [0.2, 0.25) is 0 Å². The highest BCUT2D eigenvalue weighted by molar-refractivity contribution is 7.96. The number of hydrogen-bond acceptors (Lipinski definition) is 2. The molecule has 0 spiro atoms. The molecular formula is C4H4N2OS. The number of carbonyl (C=O) groups excluding carboxylic acids is 1. The summed E-state index contributed by atoms with van der Waals surface area (Å²) < 4.78 is 1.28. The number of aromatic nitrogens is 2. The first-order chi connectivity index (χ1) is 3.80. The topological polar surface area (TPSA) is 34.9 Å². The van der Waals surface area contributed by atoms with E-state index in [0.29, 0.717) is 0 Å². The van der Waals surface area contributed by atoms with Crippen LogP contribution in [0.25, 0.3) is 0 Å². The van der Waals surface area contributed by atoms with Crippen LogP contribution in [0.3, 0.4) is 0 Å². The van der Waals surface area contributed by atoms with Crippen molar-refractivity contribution >= 4 is 17.9 Å². The van der Waals surface area contributed by atoms with E-state index in [1.165, 1.54) is 23.3 Å². The highest BCUT2D eigenvalue weighted by atomic mass is 32.1.